The van der Waals surface area contributed by atoms with Gasteiger partial charge in [0.1, 0.15) is 11.6 Å². The molecule has 0 bridgehead atoms. The Hall–Kier alpha value is -4.72. The maximum Gasteiger partial charge on any atom is 0.260 e. The summed E-state index contributed by atoms with van der Waals surface area (Å²) in [4.78, 5) is 36.3. The Balaban J connectivity index is 1.40. The molecule has 162 valence electrons. The molecule has 0 saturated carbocycles. The number of pyridine rings is 2. The summed E-state index contributed by atoms with van der Waals surface area (Å²) in [5.41, 5.74) is 9.45. The van der Waals surface area contributed by atoms with E-state index in [1.165, 1.54) is 6.20 Å². The minimum Gasteiger partial charge on any atom is -0.398 e. The quantitative estimate of drug-likeness (QED) is 0.415. The van der Waals surface area contributed by atoms with Gasteiger partial charge in [0.05, 0.1) is 29.0 Å². The van der Waals surface area contributed by atoms with Crippen molar-refractivity contribution in [3.05, 3.63) is 102 Å². The molecule has 2 aromatic carbocycles. The van der Waals surface area contributed by atoms with Gasteiger partial charge < -0.3 is 21.3 Å². The molecule has 0 atom stereocenters. The molecule has 0 fully saturated rings. The van der Waals surface area contributed by atoms with Crippen molar-refractivity contribution in [1.29, 1.82) is 0 Å². The van der Waals surface area contributed by atoms with Crippen LogP contribution in [0.4, 0.5) is 28.7 Å². The van der Waals surface area contributed by atoms with Gasteiger partial charge in [0.15, 0.2) is 0 Å². The molecular formula is C25H20N6O2. The molecule has 8 heteroatoms. The number of nitrogens with zero attached hydrogens (tertiary/aromatic N) is 3. The highest BCUT2D eigenvalue weighted by atomic mass is 16.2. The predicted octanol–water partition coefficient (Wildman–Crippen LogP) is 4.22. The van der Waals surface area contributed by atoms with Crippen molar-refractivity contribution in [3.63, 3.8) is 0 Å². The minimum atomic E-state index is -0.365. The third-order valence-corrected chi connectivity index (χ3v) is 5.37. The van der Waals surface area contributed by atoms with Crippen LogP contribution in [-0.2, 0) is 6.54 Å². The SMILES string of the molecule is Nc1ccccc1C(=O)Nc1ccc(C(=O)N2Cc3cccnc3Nc3ccccc32)cn1. The van der Waals surface area contributed by atoms with Crippen LogP contribution in [0.5, 0.6) is 0 Å². The van der Waals surface area contributed by atoms with Gasteiger partial charge in [-0.1, -0.05) is 30.3 Å². The van der Waals surface area contributed by atoms with Crippen molar-refractivity contribution in [2.45, 2.75) is 6.54 Å². The van der Waals surface area contributed by atoms with E-state index in [1.54, 1.807) is 47.5 Å². The Morgan fingerprint density at radius 3 is 2.58 bits per heavy atom. The van der Waals surface area contributed by atoms with Crippen LogP contribution in [-0.4, -0.2) is 21.8 Å². The molecule has 2 amide bonds. The van der Waals surface area contributed by atoms with E-state index in [0.29, 0.717) is 29.2 Å². The predicted molar refractivity (Wildman–Crippen MR) is 128 cm³/mol. The third kappa shape index (κ3) is 3.97. The number of para-hydroxylation sites is 3. The van der Waals surface area contributed by atoms with Crippen LogP contribution in [0.1, 0.15) is 26.3 Å². The maximum atomic E-state index is 13.5. The Labute approximate surface area is 190 Å². The number of benzene rings is 2. The van der Waals surface area contributed by atoms with E-state index < -0.39 is 0 Å². The molecule has 3 heterocycles. The number of carbonyl (C=O) groups is 2. The average Bonchev–Trinajstić information content (AvgIpc) is 3.01. The van der Waals surface area contributed by atoms with E-state index in [4.69, 9.17) is 5.73 Å². The summed E-state index contributed by atoms with van der Waals surface area (Å²) in [6.07, 6.45) is 3.17. The van der Waals surface area contributed by atoms with Crippen LogP contribution in [0.15, 0.2) is 85.2 Å². The third-order valence-electron chi connectivity index (χ3n) is 5.37. The summed E-state index contributed by atoms with van der Waals surface area (Å²) in [7, 11) is 0. The number of hydrogen-bond donors (Lipinski definition) is 3. The van der Waals surface area contributed by atoms with Crippen LogP contribution in [0.2, 0.25) is 0 Å². The monoisotopic (exact) mass is 436 g/mol. The smallest absolute Gasteiger partial charge is 0.260 e. The number of nitrogens with two attached hydrogens (primary N) is 1. The molecule has 8 nitrogen and oxygen atoms in total. The molecule has 0 saturated heterocycles. The van der Waals surface area contributed by atoms with E-state index >= 15 is 0 Å². The number of nitrogen functional groups attached to an aromatic ring is 1. The lowest BCUT2D eigenvalue weighted by molar-refractivity contribution is 0.0984. The van der Waals surface area contributed by atoms with E-state index in [0.717, 1.165) is 22.8 Å². The van der Waals surface area contributed by atoms with E-state index in [9.17, 15) is 9.59 Å². The Morgan fingerprint density at radius 2 is 1.76 bits per heavy atom. The molecule has 5 rings (SSSR count). The Morgan fingerprint density at radius 1 is 0.939 bits per heavy atom. The van der Waals surface area contributed by atoms with Crippen molar-refractivity contribution in [2.24, 2.45) is 0 Å². The minimum absolute atomic E-state index is 0.210. The average molecular weight is 436 g/mol. The summed E-state index contributed by atoms with van der Waals surface area (Å²) in [6, 6.07) is 21.4. The van der Waals surface area contributed by atoms with Crippen LogP contribution < -0.4 is 21.3 Å². The van der Waals surface area contributed by atoms with Crippen LogP contribution in [0.25, 0.3) is 0 Å². The number of nitrogens with one attached hydrogen (secondary N) is 2. The van der Waals surface area contributed by atoms with Gasteiger partial charge in [-0.15, -0.1) is 0 Å². The summed E-state index contributed by atoms with van der Waals surface area (Å²) in [6.45, 7) is 0.359. The van der Waals surface area contributed by atoms with Gasteiger partial charge in [-0.05, 0) is 42.5 Å². The number of amides is 2. The highest BCUT2D eigenvalue weighted by Crippen LogP contribution is 2.35. The normalized spacial score (nSPS) is 12.1. The number of anilines is 5. The first kappa shape index (κ1) is 20.2. The second-order valence-electron chi connectivity index (χ2n) is 7.52. The second-order valence-corrected chi connectivity index (χ2v) is 7.52. The fourth-order valence-electron chi connectivity index (χ4n) is 3.70. The molecule has 4 aromatic rings. The molecule has 0 unspecified atom stereocenters. The number of rotatable bonds is 3. The zero-order valence-electron chi connectivity index (χ0n) is 17.5. The molecule has 33 heavy (non-hydrogen) atoms. The first-order chi connectivity index (χ1) is 16.1. The molecule has 0 radical (unpaired) electrons. The van der Waals surface area contributed by atoms with Crippen molar-refractivity contribution in [2.75, 3.05) is 21.3 Å². The van der Waals surface area contributed by atoms with Gasteiger partial charge in [0.2, 0.25) is 0 Å². The van der Waals surface area contributed by atoms with Gasteiger partial charge in [-0.2, -0.15) is 0 Å². The number of carbonyl (C=O) groups excluding carboxylic acids is 2. The number of fused-ring (bicyclic) bond motifs is 2. The number of aromatic nitrogens is 2. The van der Waals surface area contributed by atoms with Crippen LogP contribution >= 0.6 is 0 Å². The fraction of sp³-hybridized carbons (Fsp3) is 0.0400. The molecule has 0 aliphatic carbocycles. The van der Waals surface area contributed by atoms with Crippen molar-refractivity contribution < 1.29 is 9.59 Å². The van der Waals surface area contributed by atoms with E-state index in [2.05, 4.69) is 20.6 Å². The standard InChI is InChI=1S/C25H20N6O2/c26-19-8-2-1-7-18(19)24(32)30-22-12-11-16(14-28-22)25(33)31-15-17-6-5-13-27-23(17)29-20-9-3-4-10-21(20)31/h1-14H,15,26H2,(H,27,29)(H,28,30,32). The summed E-state index contributed by atoms with van der Waals surface area (Å²) in [5, 5.41) is 6.02. The summed E-state index contributed by atoms with van der Waals surface area (Å²) < 4.78 is 0. The molecule has 1 aliphatic rings. The molecule has 0 spiro atoms. The first-order valence-corrected chi connectivity index (χ1v) is 10.3. The highest BCUT2D eigenvalue weighted by molar-refractivity contribution is 6.09. The van der Waals surface area contributed by atoms with Gasteiger partial charge in [-0.25, -0.2) is 9.97 Å². The first-order valence-electron chi connectivity index (χ1n) is 10.3. The lowest BCUT2D eigenvalue weighted by Crippen LogP contribution is -2.30. The van der Waals surface area contributed by atoms with Crippen LogP contribution in [0.3, 0.4) is 0 Å². The Bertz CT molecular complexity index is 1350. The molecule has 2 aromatic heterocycles. The van der Waals surface area contributed by atoms with Crippen molar-refractivity contribution in [3.8, 4) is 0 Å². The highest BCUT2D eigenvalue weighted by Gasteiger charge is 2.25. The zero-order valence-corrected chi connectivity index (χ0v) is 17.5. The van der Waals surface area contributed by atoms with Gasteiger partial charge in [0, 0.05) is 23.6 Å². The van der Waals surface area contributed by atoms with Gasteiger partial charge in [0.25, 0.3) is 11.8 Å². The van der Waals surface area contributed by atoms with Crippen LogP contribution in [0, 0.1) is 0 Å². The molecule has 1 aliphatic heterocycles. The van der Waals surface area contributed by atoms with Crippen molar-refractivity contribution in [1.82, 2.24) is 9.97 Å². The summed E-state index contributed by atoms with van der Waals surface area (Å²) in [5.74, 6) is 0.471. The van der Waals surface area contributed by atoms with E-state index in [1.807, 2.05) is 36.4 Å². The van der Waals surface area contributed by atoms with Crippen molar-refractivity contribution >= 4 is 40.5 Å². The largest absolute Gasteiger partial charge is 0.398 e. The summed E-state index contributed by atoms with van der Waals surface area (Å²) >= 11 is 0. The molecule has 4 N–H and O–H groups in total. The van der Waals surface area contributed by atoms with Gasteiger partial charge in [-0.3, -0.25) is 9.59 Å². The Kier molecular flexibility index (Phi) is 5.16. The lowest BCUT2D eigenvalue weighted by Gasteiger charge is -2.22. The lowest BCUT2D eigenvalue weighted by atomic mass is 10.1. The topological polar surface area (TPSA) is 113 Å². The maximum absolute atomic E-state index is 13.5. The zero-order chi connectivity index (χ0) is 22.8. The fourth-order valence-corrected chi connectivity index (χ4v) is 3.70. The van der Waals surface area contributed by atoms with E-state index in [-0.39, 0.29) is 11.8 Å². The number of hydrogen-bond acceptors (Lipinski definition) is 6. The van der Waals surface area contributed by atoms with Gasteiger partial charge >= 0.3 is 0 Å². The second kappa shape index (κ2) is 8.43. The molecular weight excluding hydrogens is 416 g/mol.